The molecule has 0 saturated heterocycles. The second kappa shape index (κ2) is 6.98. The molecule has 0 amide bonds. The van der Waals surface area contributed by atoms with Crippen molar-refractivity contribution in [2.45, 2.75) is 33.6 Å². The molecule has 0 spiro atoms. The Hall–Kier alpha value is -0.383. The van der Waals surface area contributed by atoms with Crippen LogP contribution in [0.1, 0.15) is 33.3 Å². The fourth-order valence-corrected chi connectivity index (χ4v) is 1.65. The van der Waals surface area contributed by atoms with E-state index in [0.29, 0.717) is 0 Å². The van der Waals surface area contributed by atoms with E-state index in [2.05, 4.69) is 44.3 Å². The van der Waals surface area contributed by atoms with E-state index in [1.165, 1.54) is 16.8 Å². The molecule has 1 aromatic carbocycles. The minimum atomic E-state index is 0. The molecule has 0 aliphatic carbocycles. The average molecular weight is 185 g/mol. The molecule has 2 heteroatoms. The van der Waals surface area contributed by atoms with Crippen molar-refractivity contribution in [3.63, 3.8) is 0 Å². The molecule has 1 N–H and O–H groups in total. The third-order valence-electron chi connectivity index (χ3n) is 2.35. The molecule has 0 heterocycles. The van der Waals surface area contributed by atoms with E-state index in [1.807, 2.05) is 0 Å². The van der Waals surface area contributed by atoms with Gasteiger partial charge in [-0.1, -0.05) is 32.0 Å². The minimum Gasteiger partial charge on any atom is -1.00 e. The van der Waals surface area contributed by atoms with E-state index >= 15 is 0 Å². The van der Waals surface area contributed by atoms with Gasteiger partial charge < -0.3 is 6.74 Å². The van der Waals surface area contributed by atoms with Gasteiger partial charge in [-0.2, -0.15) is 0 Å². The maximum Gasteiger partial charge on any atom is 1.00 e. The summed E-state index contributed by atoms with van der Waals surface area (Å²) in [6, 6.07) is 6.56. The molecule has 1 aromatic rings. The number of benzene rings is 1. The summed E-state index contributed by atoms with van der Waals surface area (Å²) < 4.78 is 0. The predicted octanol–water partition coefficient (Wildman–Crippen LogP) is 0.360. The standard InChI is InChI=1S/C12H19N.Li.H/c1-4-10-8-7-9-11(5-2)12(10)13-6-3;;/h7-9,13H,4-6H2,1-3H3;;/q;+1;-1. The number of aryl methyl sites for hydroxylation is 2. The minimum absolute atomic E-state index is 0. The van der Waals surface area contributed by atoms with Crippen LogP contribution in [0.5, 0.6) is 0 Å². The quantitative estimate of drug-likeness (QED) is 0.668. The fourth-order valence-electron chi connectivity index (χ4n) is 1.65. The summed E-state index contributed by atoms with van der Waals surface area (Å²) in [5.41, 5.74) is 4.22. The predicted molar refractivity (Wildman–Crippen MR) is 60.5 cm³/mol. The summed E-state index contributed by atoms with van der Waals surface area (Å²) in [5, 5.41) is 3.45. The largest absolute Gasteiger partial charge is 1.00 e. The molecule has 1 nitrogen and oxygen atoms in total. The van der Waals surface area contributed by atoms with E-state index in [4.69, 9.17) is 0 Å². The van der Waals surface area contributed by atoms with Gasteiger partial charge in [0.15, 0.2) is 0 Å². The van der Waals surface area contributed by atoms with Gasteiger partial charge in [0.05, 0.1) is 0 Å². The van der Waals surface area contributed by atoms with Crippen LogP contribution in [-0.4, -0.2) is 6.54 Å². The van der Waals surface area contributed by atoms with E-state index in [9.17, 15) is 0 Å². The Kier molecular flexibility index (Phi) is 6.79. The molecule has 0 aromatic heterocycles. The molecular formula is C12H20LiN. The Morgan fingerprint density at radius 2 is 1.57 bits per heavy atom. The Morgan fingerprint density at radius 1 is 1.07 bits per heavy atom. The van der Waals surface area contributed by atoms with Crippen molar-refractivity contribution in [1.82, 2.24) is 0 Å². The number of hydrogen-bond donors (Lipinski definition) is 1. The molecule has 74 valence electrons. The van der Waals surface area contributed by atoms with E-state index in [0.717, 1.165) is 19.4 Å². The first-order chi connectivity index (χ1) is 6.33. The normalized spacial score (nSPS) is 9.36. The molecule has 14 heavy (non-hydrogen) atoms. The van der Waals surface area contributed by atoms with Gasteiger partial charge in [0.2, 0.25) is 0 Å². The van der Waals surface area contributed by atoms with E-state index in [1.54, 1.807) is 0 Å². The third-order valence-corrected chi connectivity index (χ3v) is 2.35. The van der Waals surface area contributed by atoms with Crippen molar-refractivity contribution in [2.24, 2.45) is 0 Å². The molecule has 0 saturated carbocycles. The van der Waals surface area contributed by atoms with Gasteiger partial charge in [0, 0.05) is 12.2 Å². The monoisotopic (exact) mass is 185 g/mol. The summed E-state index contributed by atoms with van der Waals surface area (Å²) in [5.74, 6) is 0. The van der Waals surface area contributed by atoms with Crippen LogP contribution >= 0.6 is 0 Å². The Balaban J connectivity index is 0. The first kappa shape index (κ1) is 13.6. The van der Waals surface area contributed by atoms with Crippen molar-refractivity contribution in [3.05, 3.63) is 29.3 Å². The molecule has 0 bridgehead atoms. The van der Waals surface area contributed by atoms with Gasteiger partial charge in [0.25, 0.3) is 0 Å². The molecule has 1 rings (SSSR count). The maximum absolute atomic E-state index is 3.45. The SMILES string of the molecule is CCNc1c(CC)cccc1CC.[H-].[Li+]. The number of rotatable bonds is 4. The second-order valence-electron chi connectivity index (χ2n) is 3.19. The Labute approximate surface area is 101 Å². The van der Waals surface area contributed by atoms with Crippen molar-refractivity contribution >= 4 is 5.69 Å². The van der Waals surface area contributed by atoms with Crippen LogP contribution in [0, 0.1) is 0 Å². The van der Waals surface area contributed by atoms with Crippen LogP contribution < -0.4 is 24.2 Å². The van der Waals surface area contributed by atoms with Crippen molar-refractivity contribution in [2.75, 3.05) is 11.9 Å². The molecule has 0 fully saturated rings. The zero-order valence-electron chi connectivity index (χ0n) is 10.9. The summed E-state index contributed by atoms with van der Waals surface area (Å²) >= 11 is 0. The molecule has 0 radical (unpaired) electrons. The van der Waals surface area contributed by atoms with Gasteiger partial charge in [0.1, 0.15) is 0 Å². The van der Waals surface area contributed by atoms with Crippen LogP contribution in [0.25, 0.3) is 0 Å². The topological polar surface area (TPSA) is 12.0 Å². The molecule has 0 aliphatic heterocycles. The molecular weight excluding hydrogens is 165 g/mol. The van der Waals surface area contributed by atoms with Gasteiger partial charge in [-0.15, -0.1) is 0 Å². The smallest absolute Gasteiger partial charge is 1.00 e. The van der Waals surface area contributed by atoms with Crippen LogP contribution in [0.4, 0.5) is 5.69 Å². The number of hydrogen-bond acceptors (Lipinski definition) is 1. The van der Waals surface area contributed by atoms with Crippen LogP contribution in [0.3, 0.4) is 0 Å². The van der Waals surface area contributed by atoms with Crippen LogP contribution in [0.2, 0.25) is 0 Å². The molecule has 0 unspecified atom stereocenters. The fraction of sp³-hybridized carbons (Fsp3) is 0.500. The zero-order chi connectivity index (χ0) is 9.68. The van der Waals surface area contributed by atoms with Crippen LogP contribution in [-0.2, 0) is 12.8 Å². The first-order valence-electron chi connectivity index (χ1n) is 5.18. The first-order valence-corrected chi connectivity index (χ1v) is 5.18. The van der Waals surface area contributed by atoms with Crippen LogP contribution in [0.15, 0.2) is 18.2 Å². The van der Waals surface area contributed by atoms with Crippen molar-refractivity contribution in [1.29, 1.82) is 0 Å². The van der Waals surface area contributed by atoms with E-state index < -0.39 is 0 Å². The molecule has 0 atom stereocenters. The number of nitrogens with one attached hydrogen (secondary N) is 1. The number of anilines is 1. The van der Waals surface area contributed by atoms with Crippen molar-refractivity contribution in [3.8, 4) is 0 Å². The van der Waals surface area contributed by atoms with Gasteiger partial charge in [-0.05, 0) is 30.9 Å². The summed E-state index contributed by atoms with van der Waals surface area (Å²) in [6.07, 6.45) is 2.21. The van der Waals surface area contributed by atoms with Gasteiger partial charge in [-0.25, -0.2) is 0 Å². The summed E-state index contributed by atoms with van der Waals surface area (Å²) in [7, 11) is 0. The summed E-state index contributed by atoms with van der Waals surface area (Å²) in [4.78, 5) is 0. The third kappa shape index (κ3) is 3.08. The van der Waals surface area contributed by atoms with Gasteiger partial charge >= 0.3 is 18.9 Å². The van der Waals surface area contributed by atoms with E-state index in [-0.39, 0.29) is 20.3 Å². The second-order valence-corrected chi connectivity index (χ2v) is 3.19. The maximum atomic E-state index is 3.45. The van der Waals surface area contributed by atoms with Crippen molar-refractivity contribution < 1.29 is 20.3 Å². The zero-order valence-corrected chi connectivity index (χ0v) is 9.85. The van der Waals surface area contributed by atoms with Gasteiger partial charge in [-0.3, -0.25) is 0 Å². The molecule has 0 aliphatic rings. The Bertz CT molecular complexity index is 254. The Morgan fingerprint density at radius 3 is 1.93 bits per heavy atom. The number of para-hydroxylation sites is 1. The summed E-state index contributed by atoms with van der Waals surface area (Å²) in [6.45, 7) is 7.56. The average Bonchev–Trinajstić information content (AvgIpc) is 2.18.